The van der Waals surface area contributed by atoms with E-state index in [-0.39, 0.29) is 0 Å². The lowest BCUT2D eigenvalue weighted by molar-refractivity contribution is -0.0424. The molecule has 4 aliphatic rings. The summed E-state index contributed by atoms with van der Waals surface area (Å²) in [6.45, 7) is 11.6. The molecular weight excluding hydrogens is 372 g/mol. The Balaban J connectivity index is 0.00000112. The van der Waals surface area contributed by atoms with E-state index in [1.165, 1.54) is 88.2 Å². The standard InChI is InChI=1S/C29H42.C2H6/c1-21-10-12-22(13-11-21)7-6-9-24-15-17-26-25-16-14-23-8-4-5-19-28(23,2)27(25)18-20-29(24,26)3;1-2/h10-14,24-27H,4-9,15-20H2,1-3H3;1-2H3. The lowest BCUT2D eigenvalue weighted by atomic mass is 9.47. The summed E-state index contributed by atoms with van der Waals surface area (Å²) >= 11 is 0. The lowest BCUT2D eigenvalue weighted by Gasteiger charge is -2.57. The zero-order valence-electron chi connectivity index (χ0n) is 21.2. The second-order valence-electron chi connectivity index (χ2n) is 11.7. The van der Waals surface area contributed by atoms with Gasteiger partial charge in [-0.15, -0.1) is 0 Å². The van der Waals surface area contributed by atoms with Crippen LogP contribution in [-0.2, 0) is 6.42 Å². The molecule has 0 spiro atoms. The van der Waals surface area contributed by atoms with Gasteiger partial charge in [0.15, 0.2) is 0 Å². The van der Waals surface area contributed by atoms with Crippen LogP contribution in [-0.4, -0.2) is 0 Å². The average molecular weight is 421 g/mol. The average Bonchev–Trinajstić information content (AvgIpc) is 3.12. The molecule has 0 heterocycles. The van der Waals surface area contributed by atoms with E-state index in [4.69, 9.17) is 0 Å². The Labute approximate surface area is 193 Å². The van der Waals surface area contributed by atoms with Gasteiger partial charge in [-0.05, 0) is 118 Å². The fourth-order valence-electron chi connectivity index (χ4n) is 8.59. The lowest BCUT2D eigenvalue weighted by Crippen LogP contribution is -2.49. The molecular formula is C31H48. The molecule has 5 rings (SSSR count). The smallest absolute Gasteiger partial charge is 0.00853 e. The van der Waals surface area contributed by atoms with E-state index < -0.39 is 0 Å². The van der Waals surface area contributed by atoms with Gasteiger partial charge in [0.1, 0.15) is 0 Å². The third kappa shape index (κ3) is 4.18. The molecule has 1 aromatic rings. The van der Waals surface area contributed by atoms with Gasteiger partial charge in [0, 0.05) is 0 Å². The molecule has 3 fully saturated rings. The molecule has 172 valence electrons. The van der Waals surface area contributed by atoms with Gasteiger partial charge in [0.25, 0.3) is 0 Å². The first-order valence-electron chi connectivity index (χ1n) is 13.8. The first-order chi connectivity index (χ1) is 15.0. The van der Waals surface area contributed by atoms with Crippen molar-refractivity contribution in [1.29, 1.82) is 0 Å². The van der Waals surface area contributed by atoms with Gasteiger partial charge in [0.05, 0.1) is 0 Å². The molecule has 0 amide bonds. The molecule has 0 saturated heterocycles. The summed E-state index contributed by atoms with van der Waals surface area (Å²) in [4.78, 5) is 0. The number of aryl methyl sites for hydroxylation is 2. The van der Waals surface area contributed by atoms with Crippen molar-refractivity contribution in [3.63, 3.8) is 0 Å². The van der Waals surface area contributed by atoms with Gasteiger partial charge in [-0.25, -0.2) is 0 Å². The van der Waals surface area contributed by atoms with E-state index in [1.807, 2.05) is 19.4 Å². The van der Waals surface area contributed by atoms with Crippen LogP contribution in [0.15, 0.2) is 35.9 Å². The van der Waals surface area contributed by atoms with Gasteiger partial charge in [-0.1, -0.05) is 75.6 Å². The molecule has 6 atom stereocenters. The summed E-state index contributed by atoms with van der Waals surface area (Å²) in [5.74, 6) is 3.96. The first kappa shape index (κ1) is 23.1. The fraction of sp³-hybridized carbons (Fsp3) is 0.742. The number of hydrogen-bond acceptors (Lipinski definition) is 0. The summed E-state index contributed by atoms with van der Waals surface area (Å²) in [6, 6.07) is 9.24. The van der Waals surface area contributed by atoms with Crippen LogP contribution in [0.2, 0.25) is 0 Å². The summed E-state index contributed by atoms with van der Waals surface area (Å²) in [6.07, 6.45) is 20.1. The van der Waals surface area contributed by atoms with Crippen molar-refractivity contribution in [2.24, 2.45) is 34.5 Å². The van der Waals surface area contributed by atoms with E-state index in [9.17, 15) is 0 Å². The Morgan fingerprint density at radius 1 is 0.903 bits per heavy atom. The molecule has 4 aliphatic carbocycles. The zero-order valence-corrected chi connectivity index (χ0v) is 21.2. The normalized spacial score (nSPS) is 38.8. The topological polar surface area (TPSA) is 0 Å². The van der Waals surface area contributed by atoms with E-state index in [0.29, 0.717) is 10.8 Å². The Morgan fingerprint density at radius 3 is 2.45 bits per heavy atom. The van der Waals surface area contributed by atoms with Gasteiger partial charge in [-0.3, -0.25) is 0 Å². The summed E-state index contributed by atoms with van der Waals surface area (Å²) < 4.78 is 0. The number of rotatable bonds is 4. The molecule has 3 saturated carbocycles. The molecule has 0 aliphatic heterocycles. The largest absolute Gasteiger partial charge is 0.0845 e. The first-order valence-corrected chi connectivity index (χ1v) is 13.8. The predicted octanol–water partition coefficient (Wildman–Crippen LogP) is 9.31. The molecule has 0 radical (unpaired) electrons. The highest BCUT2D eigenvalue weighted by atomic mass is 14.6. The maximum absolute atomic E-state index is 2.73. The molecule has 31 heavy (non-hydrogen) atoms. The predicted molar refractivity (Wildman–Crippen MR) is 135 cm³/mol. The number of fused-ring (bicyclic) bond motifs is 5. The highest BCUT2D eigenvalue weighted by molar-refractivity contribution is 5.24. The third-order valence-corrected chi connectivity index (χ3v) is 10.4. The second kappa shape index (κ2) is 9.44. The molecule has 0 nitrogen and oxygen atoms in total. The molecule has 6 unspecified atom stereocenters. The summed E-state index contributed by atoms with van der Waals surface area (Å²) in [5, 5.41) is 0. The maximum atomic E-state index is 2.73. The zero-order chi connectivity index (χ0) is 22.1. The van der Waals surface area contributed by atoms with E-state index in [2.05, 4.69) is 51.1 Å². The van der Waals surface area contributed by atoms with Crippen molar-refractivity contribution in [1.82, 2.24) is 0 Å². The molecule has 0 aromatic heterocycles. The maximum Gasteiger partial charge on any atom is -0.00853 e. The minimum absolute atomic E-state index is 0.562. The van der Waals surface area contributed by atoms with Crippen molar-refractivity contribution in [2.75, 3.05) is 0 Å². The minimum atomic E-state index is 0.562. The van der Waals surface area contributed by atoms with Crippen LogP contribution < -0.4 is 0 Å². The Bertz CT molecular complexity index is 755. The number of allylic oxidation sites excluding steroid dienone is 2. The highest BCUT2D eigenvalue weighted by Crippen LogP contribution is 2.66. The van der Waals surface area contributed by atoms with Crippen molar-refractivity contribution >= 4 is 0 Å². The molecule has 0 heteroatoms. The van der Waals surface area contributed by atoms with Crippen molar-refractivity contribution in [3.05, 3.63) is 47.0 Å². The van der Waals surface area contributed by atoms with E-state index in [0.717, 1.165) is 23.7 Å². The van der Waals surface area contributed by atoms with Crippen molar-refractivity contribution in [2.45, 2.75) is 112 Å². The molecule has 1 aromatic carbocycles. The van der Waals surface area contributed by atoms with Crippen molar-refractivity contribution in [3.8, 4) is 0 Å². The number of benzene rings is 1. The van der Waals surface area contributed by atoms with Crippen LogP contribution >= 0.6 is 0 Å². The summed E-state index contributed by atoms with van der Waals surface area (Å²) in [7, 11) is 0. The third-order valence-electron chi connectivity index (χ3n) is 10.4. The second-order valence-corrected chi connectivity index (χ2v) is 11.7. The fourth-order valence-corrected chi connectivity index (χ4v) is 8.59. The molecule has 0 N–H and O–H groups in total. The van der Waals surface area contributed by atoms with Gasteiger partial charge >= 0.3 is 0 Å². The molecule has 0 bridgehead atoms. The summed E-state index contributed by atoms with van der Waals surface area (Å²) in [5.41, 5.74) is 5.97. The van der Waals surface area contributed by atoms with Crippen molar-refractivity contribution < 1.29 is 0 Å². The van der Waals surface area contributed by atoms with Crippen LogP contribution in [0.5, 0.6) is 0 Å². The SMILES string of the molecule is CC.Cc1ccc(CCCC2CCC3C4CC=C5CCCCC5(C)C4CCC23C)cc1. The van der Waals surface area contributed by atoms with E-state index in [1.54, 1.807) is 0 Å². The van der Waals surface area contributed by atoms with E-state index >= 15 is 0 Å². The van der Waals surface area contributed by atoms with Crippen LogP contribution in [0.1, 0.15) is 109 Å². The van der Waals surface area contributed by atoms with Crippen LogP contribution in [0, 0.1) is 41.4 Å². The van der Waals surface area contributed by atoms with Gasteiger partial charge < -0.3 is 0 Å². The van der Waals surface area contributed by atoms with Crippen LogP contribution in [0.25, 0.3) is 0 Å². The Morgan fingerprint density at radius 2 is 1.68 bits per heavy atom. The van der Waals surface area contributed by atoms with Crippen LogP contribution in [0.3, 0.4) is 0 Å². The monoisotopic (exact) mass is 420 g/mol. The van der Waals surface area contributed by atoms with Crippen LogP contribution in [0.4, 0.5) is 0 Å². The van der Waals surface area contributed by atoms with Gasteiger partial charge in [0.2, 0.25) is 0 Å². The minimum Gasteiger partial charge on any atom is -0.0845 e. The van der Waals surface area contributed by atoms with Gasteiger partial charge in [-0.2, -0.15) is 0 Å². The number of hydrogen-bond donors (Lipinski definition) is 0. The Hall–Kier alpha value is -1.04. The highest BCUT2D eigenvalue weighted by Gasteiger charge is 2.57. The quantitative estimate of drug-likeness (QED) is 0.426. The Kier molecular flexibility index (Phi) is 7.05.